The Bertz CT molecular complexity index is 3120. The smallest absolute Gasteiger partial charge is 0.255 e. The number of nitrogens with one attached hydrogen (secondary N) is 2. The van der Waals surface area contributed by atoms with Gasteiger partial charge in [-0.1, -0.05) is 18.1 Å². The van der Waals surface area contributed by atoms with E-state index in [0.29, 0.717) is 86.0 Å². The third kappa shape index (κ3) is 11.3. The van der Waals surface area contributed by atoms with Crippen molar-refractivity contribution in [2.45, 2.75) is 89.6 Å². The van der Waals surface area contributed by atoms with Crippen molar-refractivity contribution < 1.29 is 37.4 Å². The molecular formula is C54H59F2N13O6. The SMILES string of the molecule is CCOc1cc(-c2ccc(N3CCC(COCc4cn(CCCCCCN5CCN(c6ccc7c(c6)CN(C6CCC(=O)NC6=O)C7=O)CC5)nn4)(NC(=O)c4cc(F)ccc4F)CC3)nc2)c2c(C#N)cnn2c1. The molecule has 1 unspecified atom stereocenters. The van der Waals surface area contributed by atoms with Crippen LogP contribution in [-0.2, 0) is 34.0 Å². The average Bonchev–Trinajstić information content (AvgIpc) is 4.15. The summed E-state index contributed by atoms with van der Waals surface area (Å²) in [7, 11) is 0. The van der Waals surface area contributed by atoms with Gasteiger partial charge in [0.15, 0.2) is 0 Å². The Morgan fingerprint density at radius 1 is 0.907 bits per heavy atom. The van der Waals surface area contributed by atoms with Crippen molar-refractivity contribution in [2.24, 2.45) is 0 Å². The van der Waals surface area contributed by atoms with Gasteiger partial charge >= 0.3 is 0 Å². The van der Waals surface area contributed by atoms with Crippen LogP contribution in [0.2, 0.25) is 0 Å². The van der Waals surface area contributed by atoms with E-state index in [1.165, 1.54) is 6.20 Å². The number of halogens is 2. The molecule has 4 aliphatic rings. The second kappa shape index (κ2) is 22.3. The van der Waals surface area contributed by atoms with Gasteiger partial charge in [0.1, 0.15) is 41.0 Å². The Morgan fingerprint density at radius 3 is 2.48 bits per heavy atom. The monoisotopic (exact) mass is 1020 g/mol. The van der Waals surface area contributed by atoms with Crippen LogP contribution in [0, 0.1) is 23.0 Å². The van der Waals surface area contributed by atoms with Gasteiger partial charge in [-0.15, -0.1) is 5.10 Å². The molecule has 6 aromatic rings. The van der Waals surface area contributed by atoms with Gasteiger partial charge in [0.2, 0.25) is 11.8 Å². The van der Waals surface area contributed by atoms with Crippen LogP contribution in [0.5, 0.6) is 5.75 Å². The number of ether oxygens (including phenoxy) is 2. The summed E-state index contributed by atoms with van der Waals surface area (Å²) in [5.74, 6) is -1.80. The molecule has 19 nitrogen and oxygen atoms in total. The second-order valence-corrected chi connectivity index (χ2v) is 19.7. The number of benzene rings is 2. The van der Waals surface area contributed by atoms with Crippen molar-refractivity contribution in [1.82, 2.24) is 50.0 Å². The number of piperidine rings is 2. The van der Waals surface area contributed by atoms with E-state index in [-0.39, 0.29) is 37.0 Å². The summed E-state index contributed by atoms with van der Waals surface area (Å²) in [6.45, 7) is 9.33. The molecule has 4 aliphatic heterocycles. The molecule has 2 aromatic carbocycles. The first kappa shape index (κ1) is 50.7. The predicted octanol–water partition coefficient (Wildman–Crippen LogP) is 5.67. The molecule has 1 atom stereocenters. The zero-order chi connectivity index (χ0) is 52.1. The number of nitriles is 1. The van der Waals surface area contributed by atoms with Crippen molar-refractivity contribution in [3.05, 3.63) is 119 Å². The maximum atomic E-state index is 14.8. The van der Waals surface area contributed by atoms with Crippen LogP contribution in [0.3, 0.4) is 0 Å². The lowest BCUT2D eigenvalue weighted by molar-refractivity contribution is -0.136. The van der Waals surface area contributed by atoms with Crippen molar-refractivity contribution in [3.63, 3.8) is 0 Å². The Kier molecular flexibility index (Phi) is 15.1. The first-order valence-electron chi connectivity index (χ1n) is 25.7. The summed E-state index contributed by atoms with van der Waals surface area (Å²) in [5, 5.41) is 28.2. The number of rotatable bonds is 19. The number of carbonyl (C=O) groups excluding carboxylic acids is 4. The lowest BCUT2D eigenvalue weighted by Gasteiger charge is -2.42. The molecule has 75 heavy (non-hydrogen) atoms. The van der Waals surface area contributed by atoms with Crippen LogP contribution in [0.1, 0.15) is 95.8 Å². The standard InChI is InChI=1S/C54H59F2N13O6/c1-2-75-42-27-44(50-38(28-57)30-59-69(50)33-42)36-7-13-48(58-29-36)66-19-15-54(16-20-66,61-51(71)45-26-39(55)8-11-46(45)56)35-74-34-40-32-67(63-62-40)18-6-4-3-5-17-64-21-23-65(24-22-64)41-9-10-43-37(25-41)31-68(53(43)73)47-12-14-49(70)60-52(47)72/h7-11,13,25-27,29-30,32-33,47H,2-6,12,14-24,31,34-35H2,1H3,(H,61,71)(H,60,70,72). The van der Waals surface area contributed by atoms with Crippen LogP contribution < -0.4 is 25.2 Å². The third-order valence-corrected chi connectivity index (χ3v) is 14.7. The Hall–Kier alpha value is -7.83. The molecule has 0 radical (unpaired) electrons. The Labute approximate surface area is 432 Å². The van der Waals surface area contributed by atoms with Crippen LogP contribution in [0.4, 0.5) is 20.3 Å². The van der Waals surface area contributed by atoms with E-state index in [0.717, 1.165) is 99.0 Å². The largest absolute Gasteiger partial charge is 0.492 e. The van der Waals surface area contributed by atoms with Gasteiger partial charge in [0.05, 0.1) is 60.6 Å². The highest BCUT2D eigenvalue weighted by atomic mass is 19.1. The predicted molar refractivity (Wildman–Crippen MR) is 272 cm³/mol. The molecule has 3 saturated heterocycles. The quantitative estimate of drug-likeness (QED) is 0.0741. The van der Waals surface area contributed by atoms with E-state index in [1.807, 2.05) is 48.1 Å². The van der Waals surface area contributed by atoms with E-state index < -0.39 is 35.0 Å². The van der Waals surface area contributed by atoms with Crippen molar-refractivity contribution >= 4 is 40.7 Å². The minimum absolute atomic E-state index is 0.0970. The Morgan fingerprint density at radius 2 is 1.72 bits per heavy atom. The van der Waals surface area contributed by atoms with Gasteiger partial charge in [-0.3, -0.25) is 34.1 Å². The summed E-state index contributed by atoms with van der Waals surface area (Å²) in [6, 6.07) is 16.1. The van der Waals surface area contributed by atoms with Gasteiger partial charge in [-0.25, -0.2) is 18.3 Å². The zero-order valence-electron chi connectivity index (χ0n) is 41.8. The minimum Gasteiger partial charge on any atom is -0.492 e. The van der Waals surface area contributed by atoms with E-state index in [1.54, 1.807) is 21.8 Å². The fourth-order valence-electron chi connectivity index (χ4n) is 10.6. The first-order valence-corrected chi connectivity index (χ1v) is 25.7. The van der Waals surface area contributed by atoms with Gasteiger partial charge in [-0.05, 0) is 106 Å². The lowest BCUT2D eigenvalue weighted by Crippen LogP contribution is -2.58. The van der Waals surface area contributed by atoms with Gasteiger partial charge in [0, 0.05) is 87.4 Å². The zero-order valence-corrected chi connectivity index (χ0v) is 41.8. The van der Waals surface area contributed by atoms with E-state index in [2.05, 4.69) is 52.9 Å². The number of piperazine rings is 1. The maximum Gasteiger partial charge on any atom is 0.255 e. The number of pyridine rings is 2. The number of fused-ring (bicyclic) bond motifs is 2. The number of carbonyl (C=O) groups is 4. The number of unbranched alkanes of at least 4 members (excludes halogenated alkanes) is 3. The normalized spacial score (nSPS) is 17.8. The van der Waals surface area contributed by atoms with Crippen molar-refractivity contribution in [1.29, 1.82) is 5.26 Å². The number of nitrogens with zero attached hydrogens (tertiary/aromatic N) is 11. The molecule has 21 heteroatoms. The highest BCUT2D eigenvalue weighted by Gasteiger charge is 2.40. The fourth-order valence-corrected chi connectivity index (χ4v) is 10.6. The highest BCUT2D eigenvalue weighted by Crippen LogP contribution is 2.34. The number of aryl methyl sites for hydroxylation is 1. The number of aromatic nitrogens is 6. The van der Waals surface area contributed by atoms with Gasteiger partial charge < -0.3 is 29.5 Å². The number of amides is 4. The van der Waals surface area contributed by atoms with Crippen LogP contribution in [-0.4, -0.2) is 134 Å². The third-order valence-electron chi connectivity index (χ3n) is 14.7. The number of imide groups is 1. The minimum atomic E-state index is -0.910. The lowest BCUT2D eigenvalue weighted by atomic mass is 9.87. The van der Waals surface area contributed by atoms with Gasteiger partial charge in [-0.2, -0.15) is 10.4 Å². The molecule has 0 spiro atoms. The molecular weight excluding hydrogens is 965 g/mol. The molecule has 390 valence electrons. The van der Waals surface area contributed by atoms with Crippen molar-refractivity contribution in [2.75, 3.05) is 68.8 Å². The molecule has 10 rings (SSSR count). The summed E-state index contributed by atoms with van der Waals surface area (Å²) in [4.78, 5) is 64.1. The molecule has 4 amide bonds. The first-order chi connectivity index (χ1) is 36.5. The molecule has 8 heterocycles. The molecule has 2 N–H and O–H groups in total. The second-order valence-electron chi connectivity index (χ2n) is 19.7. The highest BCUT2D eigenvalue weighted by molar-refractivity contribution is 6.05. The van der Waals surface area contributed by atoms with E-state index in [4.69, 9.17) is 14.5 Å². The van der Waals surface area contributed by atoms with Crippen LogP contribution >= 0.6 is 0 Å². The maximum absolute atomic E-state index is 14.8. The molecule has 4 aromatic heterocycles. The molecule has 0 aliphatic carbocycles. The number of hydrogen-bond donors (Lipinski definition) is 2. The number of anilines is 2. The van der Waals surface area contributed by atoms with Crippen LogP contribution in [0.25, 0.3) is 16.6 Å². The number of hydrogen-bond acceptors (Lipinski definition) is 14. The summed E-state index contributed by atoms with van der Waals surface area (Å²) < 4.78 is 44.5. The summed E-state index contributed by atoms with van der Waals surface area (Å²) in [6.07, 6.45) is 12.5. The van der Waals surface area contributed by atoms with Gasteiger partial charge in [0.25, 0.3) is 11.8 Å². The fraction of sp³-hybridized carbons (Fsp3) is 0.426. The molecule has 0 bridgehead atoms. The van der Waals surface area contributed by atoms with E-state index >= 15 is 0 Å². The molecule has 3 fully saturated rings. The van der Waals surface area contributed by atoms with E-state index in [9.17, 15) is 33.2 Å². The summed E-state index contributed by atoms with van der Waals surface area (Å²) in [5.41, 5.74) is 4.58. The summed E-state index contributed by atoms with van der Waals surface area (Å²) >= 11 is 0. The van der Waals surface area contributed by atoms with Crippen LogP contribution in [0.15, 0.2) is 79.4 Å². The van der Waals surface area contributed by atoms with Crippen molar-refractivity contribution in [3.8, 4) is 22.9 Å². The molecule has 0 saturated carbocycles. The Balaban J connectivity index is 0.673. The average molecular weight is 1020 g/mol. The topological polar surface area (TPSA) is 208 Å².